The zero-order chi connectivity index (χ0) is 30.6. The lowest BCUT2D eigenvalue weighted by Crippen LogP contribution is -2.47. The molecule has 10 nitrogen and oxygen atoms in total. The van der Waals surface area contributed by atoms with E-state index in [1.54, 1.807) is 6.20 Å². The highest BCUT2D eigenvalue weighted by Crippen LogP contribution is 2.51. The Morgan fingerprint density at radius 2 is 2.07 bits per heavy atom. The highest BCUT2D eigenvalue weighted by Gasteiger charge is 2.55. The fourth-order valence-electron chi connectivity index (χ4n) is 6.58. The lowest BCUT2D eigenvalue weighted by atomic mass is 9.87. The van der Waals surface area contributed by atoms with Gasteiger partial charge in [-0.1, -0.05) is 19.9 Å². The van der Waals surface area contributed by atoms with E-state index in [2.05, 4.69) is 46.6 Å². The number of carbonyl (C=O) groups is 2. The molecule has 11 heteroatoms. The summed E-state index contributed by atoms with van der Waals surface area (Å²) in [5.41, 5.74) is 3.74. The van der Waals surface area contributed by atoms with Gasteiger partial charge >= 0.3 is 5.97 Å². The molecule has 2 unspecified atom stereocenters. The molecular formula is C32H47FN6O4. The monoisotopic (exact) mass is 598 g/mol. The number of nitrogens with one attached hydrogen (secondary N) is 2. The van der Waals surface area contributed by atoms with Crippen LogP contribution in [-0.2, 0) is 45.5 Å². The van der Waals surface area contributed by atoms with Crippen molar-refractivity contribution in [1.29, 1.82) is 0 Å². The van der Waals surface area contributed by atoms with Crippen molar-refractivity contribution in [1.82, 2.24) is 25.0 Å². The topological polar surface area (TPSA) is 122 Å². The fourth-order valence-corrected chi connectivity index (χ4v) is 6.58. The second-order valence-electron chi connectivity index (χ2n) is 13.3. The predicted octanol–water partition coefficient (Wildman–Crippen LogP) is 3.52. The summed E-state index contributed by atoms with van der Waals surface area (Å²) >= 11 is 0. The Labute approximate surface area is 253 Å². The molecule has 3 N–H and O–H groups in total. The maximum Gasteiger partial charge on any atom is 0.326 e. The van der Waals surface area contributed by atoms with Gasteiger partial charge in [0, 0.05) is 50.2 Å². The van der Waals surface area contributed by atoms with Crippen molar-refractivity contribution in [3.8, 4) is 0 Å². The van der Waals surface area contributed by atoms with E-state index in [0.29, 0.717) is 32.5 Å². The summed E-state index contributed by atoms with van der Waals surface area (Å²) < 4.78 is 20.8. The van der Waals surface area contributed by atoms with Gasteiger partial charge < -0.3 is 25.4 Å². The molecule has 1 amide bonds. The summed E-state index contributed by atoms with van der Waals surface area (Å²) in [5, 5.41) is 20.8. The maximum absolute atomic E-state index is 13.6. The molecule has 5 rings (SSSR count). The number of methoxy groups -OCH3 is 1. The Morgan fingerprint density at radius 3 is 2.79 bits per heavy atom. The number of carbonyl (C=O) groups excluding carboxylic acids is 1. The summed E-state index contributed by atoms with van der Waals surface area (Å²) in [6, 6.07) is 3.22. The van der Waals surface area contributed by atoms with Crippen LogP contribution in [0.2, 0.25) is 0 Å². The summed E-state index contributed by atoms with van der Waals surface area (Å²) in [4.78, 5) is 32.6. The number of ether oxygens (including phenoxy) is 1. The minimum absolute atomic E-state index is 0.0892. The number of aryl methyl sites for hydroxylation is 2. The highest BCUT2D eigenvalue weighted by molar-refractivity contribution is 5.94. The molecule has 0 spiro atoms. The van der Waals surface area contributed by atoms with Gasteiger partial charge in [0.1, 0.15) is 18.5 Å². The number of hydrogen-bond donors (Lipinski definition) is 3. The first-order valence-corrected chi connectivity index (χ1v) is 15.8. The predicted molar refractivity (Wildman–Crippen MR) is 162 cm³/mol. The van der Waals surface area contributed by atoms with E-state index in [0.717, 1.165) is 74.4 Å². The van der Waals surface area contributed by atoms with Gasteiger partial charge in [0.25, 0.3) is 0 Å². The number of pyridine rings is 1. The van der Waals surface area contributed by atoms with Crippen molar-refractivity contribution in [3.63, 3.8) is 0 Å². The van der Waals surface area contributed by atoms with E-state index in [1.807, 2.05) is 4.68 Å². The molecule has 2 aliphatic heterocycles. The average Bonchev–Trinajstić information content (AvgIpc) is 3.62. The molecule has 2 atom stereocenters. The molecule has 43 heavy (non-hydrogen) atoms. The number of nitrogens with zero attached hydrogens (tertiary/aromatic N) is 4. The quantitative estimate of drug-likeness (QED) is 0.251. The Bertz CT molecular complexity index is 1290. The number of alkyl halides is 1. The number of anilines is 1. The number of hydrogen-bond acceptors (Lipinski definition) is 7. The molecule has 2 aromatic heterocycles. The number of amides is 1. The summed E-state index contributed by atoms with van der Waals surface area (Å²) in [7, 11) is 1.49. The van der Waals surface area contributed by atoms with E-state index in [4.69, 9.17) is 9.72 Å². The smallest absolute Gasteiger partial charge is 0.326 e. The minimum Gasteiger partial charge on any atom is -0.480 e. The van der Waals surface area contributed by atoms with Gasteiger partial charge in [0.05, 0.1) is 17.7 Å². The van der Waals surface area contributed by atoms with E-state index >= 15 is 0 Å². The average molecular weight is 599 g/mol. The second kappa shape index (κ2) is 13.3. The molecule has 0 saturated heterocycles. The first-order chi connectivity index (χ1) is 20.6. The van der Waals surface area contributed by atoms with Crippen LogP contribution in [0.25, 0.3) is 0 Å². The van der Waals surface area contributed by atoms with E-state index in [9.17, 15) is 19.1 Å². The van der Waals surface area contributed by atoms with Crippen LogP contribution in [0, 0.1) is 5.41 Å². The molecule has 0 bridgehead atoms. The Kier molecular flexibility index (Phi) is 9.70. The van der Waals surface area contributed by atoms with Crippen LogP contribution in [0.3, 0.4) is 0 Å². The molecule has 0 radical (unpaired) electrons. The van der Waals surface area contributed by atoms with Gasteiger partial charge in [-0.3, -0.25) is 9.48 Å². The number of carboxylic acids is 1. The molecule has 1 saturated carbocycles. The number of rotatable bonds is 16. The van der Waals surface area contributed by atoms with Crippen molar-refractivity contribution in [2.45, 2.75) is 95.7 Å². The van der Waals surface area contributed by atoms with Gasteiger partial charge in [0.15, 0.2) is 0 Å². The van der Waals surface area contributed by atoms with Crippen LogP contribution in [0.5, 0.6) is 0 Å². The molecule has 1 aliphatic carbocycles. The number of halogens is 1. The van der Waals surface area contributed by atoms with Crippen LogP contribution in [0.15, 0.2) is 18.3 Å². The molecule has 3 aliphatic rings. The molecule has 1 fully saturated rings. The largest absolute Gasteiger partial charge is 0.480 e. The number of fused-ring (bicyclic) bond motifs is 2. The van der Waals surface area contributed by atoms with Gasteiger partial charge in [0.2, 0.25) is 5.91 Å². The van der Waals surface area contributed by atoms with Crippen molar-refractivity contribution in [3.05, 3.63) is 40.8 Å². The van der Waals surface area contributed by atoms with Crippen LogP contribution in [0.1, 0.15) is 74.9 Å². The highest BCUT2D eigenvalue weighted by atomic mass is 19.1. The van der Waals surface area contributed by atoms with Crippen molar-refractivity contribution < 1.29 is 23.8 Å². The van der Waals surface area contributed by atoms with E-state index in [-0.39, 0.29) is 17.7 Å². The van der Waals surface area contributed by atoms with E-state index in [1.165, 1.54) is 12.7 Å². The van der Waals surface area contributed by atoms with Crippen LogP contribution in [0.4, 0.5) is 10.2 Å². The summed E-state index contributed by atoms with van der Waals surface area (Å²) in [6.07, 6.45) is 8.45. The molecule has 0 aromatic carbocycles. The van der Waals surface area contributed by atoms with Crippen LogP contribution < -0.4 is 10.6 Å². The van der Waals surface area contributed by atoms with Crippen LogP contribution >= 0.6 is 0 Å². The Balaban J connectivity index is 1.16. The third-order valence-electron chi connectivity index (χ3n) is 9.29. The van der Waals surface area contributed by atoms with E-state index < -0.39 is 30.2 Å². The zero-order valence-electron chi connectivity index (χ0n) is 25.8. The van der Waals surface area contributed by atoms with Crippen molar-refractivity contribution in [2.24, 2.45) is 5.41 Å². The standard InChI is InChI=1S/C32H47FN6O4/c1-31(2)17-27-25(19-35-39(27)21-31)32(12-13-32)30(42)37-26(29(40)41)11-16-38(20-24(18-33)43-3)15-5-4-8-23-10-9-22-7-6-14-34-28(22)36-23/h9-10,19,24,26H,4-8,11-18,20-21H2,1-3H3,(H,34,36)(H,37,42)(H,40,41). The zero-order valence-corrected chi connectivity index (χ0v) is 25.8. The summed E-state index contributed by atoms with van der Waals surface area (Å²) in [6.45, 7) is 6.97. The normalized spacial score (nSPS) is 19.3. The minimum atomic E-state index is -1.06. The second-order valence-corrected chi connectivity index (χ2v) is 13.3. The third kappa shape index (κ3) is 7.37. The lowest BCUT2D eigenvalue weighted by Gasteiger charge is -2.27. The SMILES string of the molecule is COC(CF)CN(CCCCc1ccc2c(n1)NCCC2)CCC(NC(=O)C1(c2cnn3c2CC(C)(C)C3)CC1)C(=O)O. The Hall–Kier alpha value is -3.05. The number of aromatic nitrogens is 3. The number of aliphatic carboxylic acids is 1. The van der Waals surface area contributed by atoms with Gasteiger partial charge in [-0.2, -0.15) is 5.10 Å². The van der Waals surface area contributed by atoms with Gasteiger partial charge in [-0.15, -0.1) is 0 Å². The molecule has 2 aromatic rings. The number of carboxylic acid groups (broad SMARTS) is 1. The maximum atomic E-state index is 13.6. The third-order valence-corrected chi connectivity index (χ3v) is 9.29. The Morgan fingerprint density at radius 1 is 1.26 bits per heavy atom. The molecule has 4 heterocycles. The molecular weight excluding hydrogens is 551 g/mol. The first-order valence-electron chi connectivity index (χ1n) is 15.8. The van der Waals surface area contributed by atoms with Crippen LogP contribution in [-0.4, -0.2) is 88.8 Å². The summed E-state index contributed by atoms with van der Waals surface area (Å²) in [5.74, 6) is -0.309. The fraction of sp³-hybridized carbons (Fsp3) is 0.688. The van der Waals surface area contributed by atoms with Gasteiger partial charge in [-0.25, -0.2) is 14.2 Å². The van der Waals surface area contributed by atoms with Crippen molar-refractivity contribution in [2.75, 3.05) is 45.3 Å². The first kappa shape index (κ1) is 31.4. The number of unbranched alkanes of at least 4 members (excludes halogenated alkanes) is 1. The van der Waals surface area contributed by atoms with Gasteiger partial charge in [-0.05, 0) is 81.4 Å². The molecule has 236 valence electrons. The van der Waals surface area contributed by atoms with Crippen molar-refractivity contribution >= 4 is 17.7 Å². The lowest BCUT2D eigenvalue weighted by molar-refractivity contribution is -0.142.